The van der Waals surface area contributed by atoms with Gasteiger partial charge < -0.3 is 5.32 Å². The number of aromatic amines is 1. The highest BCUT2D eigenvalue weighted by atomic mass is 16.2. The maximum Gasteiger partial charge on any atom is 0.240 e. The summed E-state index contributed by atoms with van der Waals surface area (Å²) in [5, 5.41) is 17.9. The van der Waals surface area contributed by atoms with E-state index in [0.717, 1.165) is 6.42 Å². The normalized spacial score (nSPS) is 17.5. The molecule has 1 fully saturated rings. The van der Waals surface area contributed by atoms with Crippen molar-refractivity contribution >= 4 is 5.91 Å². The molecule has 0 saturated heterocycles. The van der Waals surface area contributed by atoms with Gasteiger partial charge in [0.2, 0.25) is 5.91 Å². The van der Waals surface area contributed by atoms with Crippen LogP contribution in [0.2, 0.25) is 0 Å². The number of nitrogens with one attached hydrogen (secondary N) is 2. The predicted molar refractivity (Wildman–Crippen MR) is 50.1 cm³/mol. The second-order valence-corrected chi connectivity index (χ2v) is 3.66. The van der Waals surface area contributed by atoms with Gasteiger partial charge in [-0.2, -0.15) is 10.4 Å². The minimum atomic E-state index is -0.792. The standard InChI is InChI=1S/C9H11N5O/c10-5-9(2-1-3-9)8(15)11-4-7-12-6-13-14-7/h6H,1-4H2,(H,11,15)(H,12,13,14). The zero-order chi connectivity index (χ0) is 10.7. The van der Waals surface area contributed by atoms with Gasteiger partial charge in [0.1, 0.15) is 17.6 Å². The zero-order valence-corrected chi connectivity index (χ0v) is 8.16. The van der Waals surface area contributed by atoms with Crippen LogP contribution in [0, 0.1) is 16.7 Å². The number of aromatic nitrogens is 3. The van der Waals surface area contributed by atoms with Crippen LogP contribution in [-0.4, -0.2) is 21.1 Å². The van der Waals surface area contributed by atoms with E-state index in [1.54, 1.807) is 0 Å². The van der Waals surface area contributed by atoms with Crippen molar-refractivity contribution < 1.29 is 4.79 Å². The molecule has 2 N–H and O–H groups in total. The minimum Gasteiger partial charge on any atom is -0.347 e. The lowest BCUT2D eigenvalue weighted by molar-refractivity contribution is -0.131. The van der Waals surface area contributed by atoms with Gasteiger partial charge in [-0.05, 0) is 19.3 Å². The monoisotopic (exact) mass is 205 g/mol. The van der Waals surface area contributed by atoms with E-state index in [-0.39, 0.29) is 5.91 Å². The first-order chi connectivity index (χ1) is 7.27. The lowest BCUT2D eigenvalue weighted by Crippen LogP contribution is -2.44. The van der Waals surface area contributed by atoms with Crippen molar-refractivity contribution in [1.29, 1.82) is 5.26 Å². The molecule has 1 aliphatic rings. The quantitative estimate of drug-likeness (QED) is 0.732. The summed E-state index contributed by atoms with van der Waals surface area (Å²) in [7, 11) is 0. The number of hydrogen-bond donors (Lipinski definition) is 2. The van der Waals surface area contributed by atoms with Gasteiger partial charge in [-0.25, -0.2) is 4.98 Å². The molecule has 1 aromatic rings. The van der Waals surface area contributed by atoms with Crippen LogP contribution < -0.4 is 5.32 Å². The molecule has 0 unspecified atom stereocenters. The molecule has 0 radical (unpaired) electrons. The highest BCUT2D eigenvalue weighted by Crippen LogP contribution is 2.40. The van der Waals surface area contributed by atoms with E-state index in [4.69, 9.17) is 5.26 Å². The van der Waals surface area contributed by atoms with Gasteiger partial charge in [-0.3, -0.25) is 9.89 Å². The molecule has 2 rings (SSSR count). The molecule has 6 nitrogen and oxygen atoms in total. The van der Waals surface area contributed by atoms with E-state index >= 15 is 0 Å². The summed E-state index contributed by atoms with van der Waals surface area (Å²) >= 11 is 0. The van der Waals surface area contributed by atoms with Crippen LogP contribution >= 0.6 is 0 Å². The largest absolute Gasteiger partial charge is 0.347 e. The summed E-state index contributed by atoms with van der Waals surface area (Å²) in [6.45, 7) is 0.294. The van der Waals surface area contributed by atoms with Crippen molar-refractivity contribution in [2.75, 3.05) is 0 Å². The Balaban J connectivity index is 1.90. The molecule has 78 valence electrons. The van der Waals surface area contributed by atoms with E-state index < -0.39 is 5.41 Å². The van der Waals surface area contributed by atoms with E-state index in [1.165, 1.54) is 6.33 Å². The smallest absolute Gasteiger partial charge is 0.240 e. The Morgan fingerprint density at radius 2 is 2.53 bits per heavy atom. The van der Waals surface area contributed by atoms with Crippen molar-refractivity contribution in [2.24, 2.45) is 5.41 Å². The van der Waals surface area contributed by atoms with Crippen molar-refractivity contribution in [3.63, 3.8) is 0 Å². The molecule has 1 aromatic heterocycles. The van der Waals surface area contributed by atoms with Gasteiger partial charge in [0.05, 0.1) is 12.6 Å². The number of amides is 1. The Labute approximate surface area is 86.7 Å². The summed E-state index contributed by atoms with van der Waals surface area (Å²) in [4.78, 5) is 15.6. The van der Waals surface area contributed by atoms with E-state index in [2.05, 4.69) is 26.6 Å². The fourth-order valence-corrected chi connectivity index (χ4v) is 1.57. The van der Waals surface area contributed by atoms with Crippen LogP contribution in [-0.2, 0) is 11.3 Å². The zero-order valence-electron chi connectivity index (χ0n) is 8.16. The molecule has 0 spiro atoms. The Morgan fingerprint density at radius 3 is 3.00 bits per heavy atom. The van der Waals surface area contributed by atoms with Gasteiger partial charge in [0.15, 0.2) is 0 Å². The average molecular weight is 205 g/mol. The van der Waals surface area contributed by atoms with Crippen LogP contribution in [0.15, 0.2) is 6.33 Å². The van der Waals surface area contributed by atoms with Crippen LogP contribution in [0.25, 0.3) is 0 Å². The molecule has 1 amide bonds. The highest BCUT2D eigenvalue weighted by Gasteiger charge is 2.44. The van der Waals surface area contributed by atoms with Gasteiger partial charge in [-0.15, -0.1) is 0 Å². The van der Waals surface area contributed by atoms with E-state index in [9.17, 15) is 4.79 Å². The average Bonchev–Trinajstić information content (AvgIpc) is 2.66. The molecule has 0 aromatic carbocycles. The van der Waals surface area contributed by atoms with Crippen LogP contribution in [0.1, 0.15) is 25.1 Å². The van der Waals surface area contributed by atoms with Crippen molar-refractivity contribution in [3.8, 4) is 6.07 Å². The maximum absolute atomic E-state index is 11.7. The van der Waals surface area contributed by atoms with Crippen LogP contribution in [0.5, 0.6) is 0 Å². The van der Waals surface area contributed by atoms with Crippen LogP contribution in [0.3, 0.4) is 0 Å². The number of hydrogen-bond acceptors (Lipinski definition) is 4. The third-order valence-electron chi connectivity index (χ3n) is 2.74. The molecular formula is C9H11N5O. The van der Waals surface area contributed by atoms with E-state index in [1.807, 2.05) is 0 Å². The first-order valence-corrected chi connectivity index (χ1v) is 4.81. The number of carbonyl (C=O) groups is 1. The summed E-state index contributed by atoms with van der Waals surface area (Å²) < 4.78 is 0. The summed E-state index contributed by atoms with van der Waals surface area (Å²) in [5.74, 6) is 0.392. The molecule has 0 atom stereocenters. The molecule has 1 heterocycles. The molecule has 6 heteroatoms. The van der Waals surface area contributed by atoms with Gasteiger partial charge in [-0.1, -0.05) is 0 Å². The third-order valence-corrected chi connectivity index (χ3v) is 2.74. The van der Waals surface area contributed by atoms with Gasteiger partial charge in [0, 0.05) is 0 Å². The Bertz CT molecular complexity index is 387. The topological polar surface area (TPSA) is 94.5 Å². The minimum absolute atomic E-state index is 0.201. The first-order valence-electron chi connectivity index (χ1n) is 4.81. The fraction of sp³-hybridized carbons (Fsp3) is 0.556. The number of rotatable bonds is 3. The second kappa shape index (κ2) is 3.69. The second-order valence-electron chi connectivity index (χ2n) is 3.66. The van der Waals surface area contributed by atoms with E-state index in [0.29, 0.717) is 25.2 Å². The maximum atomic E-state index is 11.7. The summed E-state index contributed by atoms with van der Waals surface area (Å²) in [6.07, 6.45) is 3.64. The Morgan fingerprint density at radius 1 is 1.73 bits per heavy atom. The SMILES string of the molecule is N#CC1(C(=O)NCc2ncn[nH]2)CCC1. The van der Waals surface area contributed by atoms with Crippen molar-refractivity contribution in [3.05, 3.63) is 12.2 Å². The van der Waals surface area contributed by atoms with Crippen molar-refractivity contribution in [1.82, 2.24) is 20.5 Å². The molecular weight excluding hydrogens is 194 g/mol. The molecule has 15 heavy (non-hydrogen) atoms. The number of nitriles is 1. The number of carbonyl (C=O) groups excluding carboxylic acids is 1. The highest BCUT2D eigenvalue weighted by molar-refractivity contribution is 5.86. The van der Waals surface area contributed by atoms with Crippen LogP contribution in [0.4, 0.5) is 0 Å². The number of H-pyrrole nitrogens is 1. The first kappa shape index (κ1) is 9.65. The van der Waals surface area contributed by atoms with Gasteiger partial charge >= 0.3 is 0 Å². The lowest BCUT2D eigenvalue weighted by Gasteiger charge is -2.33. The Kier molecular flexibility index (Phi) is 2.37. The third kappa shape index (κ3) is 1.68. The molecule has 1 saturated carbocycles. The molecule has 0 bridgehead atoms. The fourth-order valence-electron chi connectivity index (χ4n) is 1.57. The lowest BCUT2D eigenvalue weighted by atomic mass is 9.69. The van der Waals surface area contributed by atoms with Crippen molar-refractivity contribution in [2.45, 2.75) is 25.8 Å². The molecule has 1 aliphatic carbocycles. The summed E-state index contributed by atoms with van der Waals surface area (Å²) in [6, 6.07) is 2.09. The number of nitrogens with zero attached hydrogens (tertiary/aromatic N) is 3. The Hall–Kier alpha value is -1.90. The summed E-state index contributed by atoms with van der Waals surface area (Å²) in [5.41, 5.74) is -0.792. The molecule has 0 aliphatic heterocycles. The predicted octanol–water partition coefficient (Wildman–Crippen LogP) is 0.115. The van der Waals surface area contributed by atoms with Gasteiger partial charge in [0.25, 0.3) is 0 Å².